The summed E-state index contributed by atoms with van der Waals surface area (Å²) in [4.78, 5) is 12.5. The van der Waals surface area contributed by atoms with Gasteiger partial charge in [0.25, 0.3) is 0 Å². The van der Waals surface area contributed by atoms with Gasteiger partial charge in [0.15, 0.2) is 0 Å². The van der Waals surface area contributed by atoms with Gasteiger partial charge in [0.05, 0.1) is 5.60 Å². The first-order valence-electron chi connectivity index (χ1n) is 10.0. The zero-order valence-corrected chi connectivity index (χ0v) is 16.1. The molecule has 4 aliphatic rings. The number of rotatable bonds is 0. The van der Waals surface area contributed by atoms with Crippen molar-refractivity contribution < 1.29 is 9.90 Å². The van der Waals surface area contributed by atoms with E-state index in [-0.39, 0.29) is 16.2 Å². The fourth-order valence-electron chi connectivity index (χ4n) is 7.46. The molecule has 2 nitrogen and oxygen atoms in total. The molecule has 0 aromatic carbocycles. The number of carbonyl (C=O) groups is 1. The van der Waals surface area contributed by atoms with Crippen molar-refractivity contribution in [1.29, 1.82) is 0 Å². The van der Waals surface area contributed by atoms with Gasteiger partial charge in [-0.15, -0.1) is 0 Å². The van der Waals surface area contributed by atoms with Crippen LogP contribution in [-0.4, -0.2) is 16.5 Å². The minimum atomic E-state index is -0.505. The molecule has 24 heavy (non-hydrogen) atoms. The van der Waals surface area contributed by atoms with Gasteiger partial charge in [0.1, 0.15) is 5.78 Å². The zero-order chi connectivity index (χ0) is 17.5. The second-order valence-corrected chi connectivity index (χ2v) is 10.5. The predicted octanol–water partition coefficient (Wildman–Crippen LogP) is 4.91. The summed E-state index contributed by atoms with van der Waals surface area (Å²) >= 11 is 0. The summed E-state index contributed by atoms with van der Waals surface area (Å²) in [6, 6.07) is 0. The molecule has 1 N–H and O–H groups in total. The maximum absolute atomic E-state index is 12.5. The van der Waals surface area contributed by atoms with Gasteiger partial charge < -0.3 is 5.11 Å². The van der Waals surface area contributed by atoms with Crippen molar-refractivity contribution in [2.75, 3.05) is 0 Å². The fraction of sp³-hybridized carbons (Fsp3) is 0.864. The summed E-state index contributed by atoms with van der Waals surface area (Å²) in [7, 11) is 0. The highest BCUT2D eigenvalue weighted by Gasteiger charge is 2.63. The molecule has 4 aliphatic carbocycles. The van der Waals surface area contributed by atoms with Crippen LogP contribution in [0, 0.1) is 34.0 Å². The van der Waals surface area contributed by atoms with E-state index in [1.54, 1.807) is 0 Å². The van der Waals surface area contributed by atoms with Gasteiger partial charge in [-0.25, -0.2) is 0 Å². The lowest BCUT2D eigenvalue weighted by Gasteiger charge is -2.60. The van der Waals surface area contributed by atoms with Crippen LogP contribution in [0.4, 0.5) is 0 Å². The lowest BCUT2D eigenvalue weighted by molar-refractivity contribution is -0.135. The van der Waals surface area contributed by atoms with Crippen molar-refractivity contribution >= 4 is 5.78 Å². The second kappa shape index (κ2) is 4.75. The number of fused-ring (bicyclic) bond motifs is 5. The van der Waals surface area contributed by atoms with Crippen LogP contribution in [0.25, 0.3) is 0 Å². The molecule has 0 radical (unpaired) electrons. The molecule has 3 fully saturated rings. The third-order valence-corrected chi connectivity index (χ3v) is 9.27. The summed E-state index contributed by atoms with van der Waals surface area (Å²) in [5.41, 5.74) is 0.919. The number of carbonyl (C=O) groups excluding carboxylic acids is 1. The number of ketones is 1. The highest BCUT2D eigenvalue weighted by Crippen LogP contribution is 2.68. The Bertz CT molecular complexity index is 613. The predicted molar refractivity (Wildman–Crippen MR) is 96.5 cm³/mol. The number of Topliss-reactive ketones (excluding diaryl/α,β-unsaturated/α-hetero) is 1. The molecule has 0 heterocycles. The molecule has 0 aromatic rings. The molecule has 3 saturated carbocycles. The van der Waals surface area contributed by atoms with Gasteiger partial charge in [0, 0.05) is 11.8 Å². The van der Waals surface area contributed by atoms with Gasteiger partial charge >= 0.3 is 0 Å². The van der Waals surface area contributed by atoms with Crippen LogP contribution in [0.2, 0.25) is 0 Å². The minimum absolute atomic E-state index is 0.0792. The van der Waals surface area contributed by atoms with Crippen molar-refractivity contribution in [2.45, 2.75) is 85.2 Å². The van der Waals surface area contributed by atoms with Gasteiger partial charge in [-0.05, 0) is 87.9 Å². The van der Waals surface area contributed by atoms with E-state index in [0.29, 0.717) is 23.5 Å². The molecule has 0 unspecified atom stereocenters. The van der Waals surface area contributed by atoms with E-state index < -0.39 is 5.60 Å². The lowest BCUT2D eigenvalue weighted by atomic mass is 9.44. The van der Waals surface area contributed by atoms with E-state index in [1.165, 1.54) is 18.4 Å². The standard InChI is InChI=1S/C22H34O2/c1-19(2)17-7-6-14-15(20(17,3)11-10-18(19)23)8-12-21(4)16(14)9-13-22(21,5)24/h7,14-16,24H,6,8-13H2,1-5H3/t14-,15+,16+,20+,21-,22+/m1/s1. The summed E-state index contributed by atoms with van der Waals surface area (Å²) in [5, 5.41) is 11.0. The first-order valence-corrected chi connectivity index (χ1v) is 10.0. The first kappa shape index (κ1) is 16.8. The molecule has 0 aromatic heterocycles. The van der Waals surface area contributed by atoms with E-state index in [4.69, 9.17) is 0 Å². The number of hydrogen-bond donors (Lipinski definition) is 1. The minimum Gasteiger partial charge on any atom is -0.390 e. The van der Waals surface area contributed by atoms with Crippen LogP contribution in [0.3, 0.4) is 0 Å². The second-order valence-electron chi connectivity index (χ2n) is 10.5. The fourth-order valence-corrected chi connectivity index (χ4v) is 7.46. The molecular formula is C22H34O2. The van der Waals surface area contributed by atoms with Crippen LogP contribution in [0.15, 0.2) is 11.6 Å². The quantitative estimate of drug-likeness (QED) is 0.641. The van der Waals surface area contributed by atoms with E-state index in [9.17, 15) is 9.90 Å². The summed E-state index contributed by atoms with van der Waals surface area (Å²) in [5.74, 6) is 2.45. The van der Waals surface area contributed by atoms with Crippen LogP contribution in [-0.2, 0) is 4.79 Å². The third-order valence-electron chi connectivity index (χ3n) is 9.27. The molecule has 4 rings (SSSR count). The van der Waals surface area contributed by atoms with Crippen molar-refractivity contribution in [2.24, 2.45) is 34.0 Å². The Balaban J connectivity index is 1.75. The molecule has 6 atom stereocenters. The van der Waals surface area contributed by atoms with Crippen molar-refractivity contribution in [3.05, 3.63) is 11.6 Å². The van der Waals surface area contributed by atoms with Crippen molar-refractivity contribution in [3.8, 4) is 0 Å². The molecule has 2 heteroatoms. The van der Waals surface area contributed by atoms with Crippen LogP contribution < -0.4 is 0 Å². The Morgan fingerprint density at radius 1 is 1.00 bits per heavy atom. The zero-order valence-electron chi connectivity index (χ0n) is 16.1. The number of aliphatic hydroxyl groups is 1. The summed E-state index contributed by atoms with van der Waals surface area (Å²) in [6.07, 6.45) is 9.81. The highest BCUT2D eigenvalue weighted by atomic mass is 16.3. The Hall–Kier alpha value is -0.630. The van der Waals surface area contributed by atoms with E-state index >= 15 is 0 Å². The average molecular weight is 331 g/mol. The monoisotopic (exact) mass is 330 g/mol. The Labute approximate surface area is 147 Å². The molecular weight excluding hydrogens is 296 g/mol. The molecule has 0 bridgehead atoms. The Morgan fingerprint density at radius 3 is 2.38 bits per heavy atom. The summed E-state index contributed by atoms with van der Waals surface area (Å²) in [6.45, 7) is 11.1. The molecule has 0 aliphatic heterocycles. The number of allylic oxidation sites excluding steroid dienone is 2. The van der Waals surface area contributed by atoms with E-state index in [2.05, 4.69) is 40.7 Å². The van der Waals surface area contributed by atoms with Crippen molar-refractivity contribution in [1.82, 2.24) is 0 Å². The van der Waals surface area contributed by atoms with Crippen molar-refractivity contribution in [3.63, 3.8) is 0 Å². The number of hydrogen-bond acceptors (Lipinski definition) is 2. The highest BCUT2D eigenvalue weighted by molar-refractivity contribution is 5.89. The maximum Gasteiger partial charge on any atom is 0.142 e. The molecule has 0 amide bonds. The SMILES string of the molecule is CC1(C)C(=O)CC[C@]2(C)C1=CC[C@@H]1[C@@H]2CC[C@]2(C)[C@H]1CC[C@]2(C)O. The molecule has 0 saturated heterocycles. The molecule has 134 valence electrons. The topological polar surface area (TPSA) is 37.3 Å². The summed E-state index contributed by atoms with van der Waals surface area (Å²) < 4.78 is 0. The van der Waals surface area contributed by atoms with Crippen LogP contribution in [0.5, 0.6) is 0 Å². The normalized spacial score (nSPS) is 53.0. The van der Waals surface area contributed by atoms with E-state index in [0.717, 1.165) is 32.1 Å². The maximum atomic E-state index is 12.5. The first-order chi connectivity index (χ1) is 11.0. The van der Waals surface area contributed by atoms with Gasteiger partial charge in [-0.1, -0.05) is 25.5 Å². The van der Waals surface area contributed by atoms with Crippen LogP contribution in [0.1, 0.15) is 79.6 Å². The van der Waals surface area contributed by atoms with Gasteiger partial charge in [-0.2, -0.15) is 0 Å². The smallest absolute Gasteiger partial charge is 0.142 e. The Kier molecular flexibility index (Phi) is 3.33. The van der Waals surface area contributed by atoms with Crippen LogP contribution >= 0.6 is 0 Å². The van der Waals surface area contributed by atoms with E-state index in [1.807, 2.05) is 0 Å². The van der Waals surface area contributed by atoms with Gasteiger partial charge in [0.2, 0.25) is 0 Å². The van der Waals surface area contributed by atoms with Gasteiger partial charge in [-0.3, -0.25) is 4.79 Å². The average Bonchev–Trinajstić information content (AvgIpc) is 2.74. The Morgan fingerprint density at radius 2 is 1.67 bits per heavy atom. The third kappa shape index (κ3) is 1.84. The molecule has 0 spiro atoms. The largest absolute Gasteiger partial charge is 0.390 e. The lowest BCUT2D eigenvalue weighted by Crippen LogP contribution is -2.55.